The Kier molecular flexibility index (Phi) is 6.05. The molecule has 4 nitrogen and oxygen atoms in total. The molecule has 0 spiro atoms. The number of carbonyl (C=O) groups is 1. The zero-order valence-electron chi connectivity index (χ0n) is 13.1. The summed E-state index contributed by atoms with van der Waals surface area (Å²) in [6, 6.07) is 7.94. The van der Waals surface area contributed by atoms with E-state index in [-0.39, 0.29) is 11.9 Å². The number of ether oxygens (including phenoxy) is 1. The van der Waals surface area contributed by atoms with Crippen LogP contribution in [0.3, 0.4) is 0 Å². The van der Waals surface area contributed by atoms with Gasteiger partial charge < -0.3 is 15.0 Å². The molecule has 0 aromatic heterocycles. The zero-order chi connectivity index (χ0) is 15.1. The first kappa shape index (κ1) is 15.8. The average Bonchev–Trinajstić information content (AvgIpc) is 3.05. The number of amides is 1. The van der Waals surface area contributed by atoms with Crippen LogP contribution < -0.4 is 10.1 Å². The number of hydrogen-bond acceptors (Lipinski definition) is 3. The maximum atomic E-state index is 12.2. The fraction of sp³-hybridized carbons (Fsp3) is 0.588. The summed E-state index contributed by atoms with van der Waals surface area (Å²) in [5.74, 6) is 1.12. The topological polar surface area (TPSA) is 41.6 Å². The number of nitrogens with one attached hydrogen (secondary N) is 1. The molecule has 2 rings (SSSR count). The molecule has 1 fully saturated rings. The fourth-order valence-corrected chi connectivity index (χ4v) is 2.49. The summed E-state index contributed by atoms with van der Waals surface area (Å²) in [7, 11) is 0. The summed E-state index contributed by atoms with van der Waals surface area (Å²) < 4.78 is 5.56. The largest absolute Gasteiger partial charge is 0.494 e. The summed E-state index contributed by atoms with van der Waals surface area (Å²) in [5, 5.41) is 3.31. The predicted octanol–water partition coefficient (Wildman–Crippen LogP) is 2.58. The Morgan fingerprint density at radius 3 is 2.57 bits per heavy atom. The van der Waals surface area contributed by atoms with Gasteiger partial charge in [0.25, 0.3) is 0 Å². The van der Waals surface area contributed by atoms with E-state index in [4.69, 9.17) is 4.74 Å². The molecular weight excluding hydrogens is 264 g/mol. The van der Waals surface area contributed by atoms with Gasteiger partial charge in [0.1, 0.15) is 5.75 Å². The molecule has 0 aliphatic carbocycles. The first-order chi connectivity index (χ1) is 10.2. The molecule has 1 amide bonds. The van der Waals surface area contributed by atoms with Gasteiger partial charge in [0, 0.05) is 19.6 Å². The van der Waals surface area contributed by atoms with Gasteiger partial charge in [-0.2, -0.15) is 0 Å². The van der Waals surface area contributed by atoms with Gasteiger partial charge in [0.05, 0.1) is 12.6 Å². The molecule has 1 aromatic carbocycles. The Hall–Kier alpha value is -1.55. The summed E-state index contributed by atoms with van der Waals surface area (Å²) in [6.45, 7) is 7.31. The number of likely N-dealkylation sites (tertiary alicyclic amines) is 1. The highest BCUT2D eigenvalue weighted by molar-refractivity contribution is 5.81. The normalized spacial score (nSPS) is 16.0. The van der Waals surface area contributed by atoms with Crippen LogP contribution in [-0.2, 0) is 11.3 Å². The van der Waals surface area contributed by atoms with Crippen molar-refractivity contribution in [2.45, 2.75) is 45.7 Å². The first-order valence-corrected chi connectivity index (χ1v) is 7.94. The molecule has 116 valence electrons. The van der Waals surface area contributed by atoms with Crippen molar-refractivity contribution in [1.82, 2.24) is 10.2 Å². The Morgan fingerprint density at radius 1 is 1.29 bits per heavy atom. The summed E-state index contributed by atoms with van der Waals surface area (Å²) in [4.78, 5) is 14.1. The van der Waals surface area contributed by atoms with Crippen molar-refractivity contribution in [1.29, 1.82) is 0 Å². The average molecular weight is 290 g/mol. The van der Waals surface area contributed by atoms with Crippen LogP contribution in [0.4, 0.5) is 0 Å². The highest BCUT2D eigenvalue weighted by atomic mass is 16.5. The smallest absolute Gasteiger partial charge is 0.239 e. The Morgan fingerprint density at radius 2 is 1.95 bits per heavy atom. The fourth-order valence-electron chi connectivity index (χ4n) is 2.49. The molecule has 4 heteroatoms. The lowest BCUT2D eigenvalue weighted by Gasteiger charge is -2.21. The molecule has 0 saturated carbocycles. The number of carbonyl (C=O) groups excluding carboxylic acids is 1. The third-order valence-corrected chi connectivity index (χ3v) is 3.80. The number of nitrogens with zero attached hydrogens (tertiary/aromatic N) is 1. The van der Waals surface area contributed by atoms with Crippen LogP contribution in [0.2, 0.25) is 0 Å². The van der Waals surface area contributed by atoms with Crippen LogP contribution in [-0.4, -0.2) is 36.5 Å². The highest BCUT2D eigenvalue weighted by Crippen LogP contribution is 2.13. The van der Waals surface area contributed by atoms with E-state index in [9.17, 15) is 4.79 Å². The van der Waals surface area contributed by atoms with Crippen molar-refractivity contribution < 1.29 is 9.53 Å². The monoisotopic (exact) mass is 290 g/mol. The van der Waals surface area contributed by atoms with E-state index in [1.165, 1.54) is 5.56 Å². The summed E-state index contributed by atoms with van der Waals surface area (Å²) >= 11 is 0. The van der Waals surface area contributed by atoms with Crippen molar-refractivity contribution >= 4 is 5.91 Å². The van der Waals surface area contributed by atoms with Crippen molar-refractivity contribution in [2.24, 2.45) is 0 Å². The van der Waals surface area contributed by atoms with Gasteiger partial charge in [-0.15, -0.1) is 0 Å². The second kappa shape index (κ2) is 8.03. The minimum Gasteiger partial charge on any atom is -0.494 e. The minimum atomic E-state index is -0.126. The van der Waals surface area contributed by atoms with Gasteiger partial charge in [-0.25, -0.2) is 0 Å². The summed E-state index contributed by atoms with van der Waals surface area (Å²) in [5.41, 5.74) is 1.17. The van der Waals surface area contributed by atoms with E-state index in [1.807, 2.05) is 36.1 Å². The van der Waals surface area contributed by atoms with Crippen LogP contribution >= 0.6 is 0 Å². The second-order valence-corrected chi connectivity index (χ2v) is 5.63. The van der Waals surface area contributed by atoms with Gasteiger partial charge in [0.2, 0.25) is 5.91 Å². The van der Waals surface area contributed by atoms with E-state index in [2.05, 4.69) is 12.2 Å². The molecule has 1 aromatic rings. The van der Waals surface area contributed by atoms with Gasteiger partial charge in [-0.05, 0) is 43.9 Å². The van der Waals surface area contributed by atoms with E-state index in [0.717, 1.165) is 44.7 Å². The molecule has 1 atom stereocenters. The third-order valence-electron chi connectivity index (χ3n) is 3.80. The van der Waals surface area contributed by atoms with Crippen LogP contribution in [0.15, 0.2) is 24.3 Å². The van der Waals surface area contributed by atoms with Crippen LogP contribution in [0.25, 0.3) is 0 Å². The molecule has 1 aliphatic heterocycles. The van der Waals surface area contributed by atoms with E-state index in [1.54, 1.807) is 0 Å². The van der Waals surface area contributed by atoms with Gasteiger partial charge in [0.15, 0.2) is 0 Å². The minimum absolute atomic E-state index is 0.126. The third kappa shape index (κ3) is 4.74. The lowest BCUT2D eigenvalue weighted by Crippen LogP contribution is -2.43. The van der Waals surface area contributed by atoms with Crippen LogP contribution in [0.5, 0.6) is 5.75 Å². The lowest BCUT2D eigenvalue weighted by atomic mass is 10.2. The number of rotatable bonds is 7. The van der Waals surface area contributed by atoms with Crippen molar-refractivity contribution in [3.8, 4) is 5.75 Å². The molecule has 1 saturated heterocycles. The lowest BCUT2D eigenvalue weighted by molar-refractivity contribution is -0.131. The maximum absolute atomic E-state index is 12.2. The van der Waals surface area contributed by atoms with Crippen molar-refractivity contribution in [2.75, 3.05) is 19.7 Å². The van der Waals surface area contributed by atoms with E-state index < -0.39 is 0 Å². The van der Waals surface area contributed by atoms with Crippen molar-refractivity contribution in [3.05, 3.63) is 29.8 Å². The molecule has 1 heterocycles. The molecule has 0 radical (unpaired) electrons. The predicted molar refractivity (Wildman–Crippen MR) is 84.3 cm³/mol. The van der Waals surface area contributed by atoms with Crippen molar-refractivity contribution in [3.63, 3.8) is 0 Å². The SMILES string of the molecule is CCCOc1ccc(CNC(C)C(=O)N2CCCC2)cc1. The molecule has 1 aliphatic rings. The Balaban J connectivity index is 1.77. The van der Waals surface area contributed by atoms with Gasteiger partial charge in [-0.3, -0.25) is 4.79 Å². The number of benzene rings is 1. The van der Waals surface area contributed by atoms with Gasteiger partial charge in [-0.1, -0.05) is 19.1 Å². The molecule has 1 unspecified atom stereocenters. The first-order valence-electron chi connectivity index (χ1n) is 7.94. The Bertz CT molecular complexity index is 439. The van der Waals surface area contributed by atoms with E-state index >= 15 is 0 Å². The quantitative estimate of drug-likeness (QED) is 0.839. The molecule has 21 heavy (non-hydrogen) atoms. The second-order valence-electron chi connectivity index (χ2n) is 5.63. The Labute approximate surface area is 127 Å². The zero-order valence-corrected chi connectivity index (χ0v) is 13.1. The molecule has 1 N–H and O–H groups in total. The number of hydrogen-bond donors (Lipinski definition) is 1. The summed E-state index contributed by atoms with van der Waals surface area (Å²) in [6.07, 6.45) is 3.29. The van der Waals surface area contributed by atoms with Crippen LogP contribution in [0, 0.1) is 0 Å². The van der Waals surface area contributed by atoms with E-state index in [0.29, 0.717) is 6.54 Å². The standard InChI is InChI=1S/C17H26N2O2/c1-3-12-21-16-8-6-15(7-9-16)13-18-14(2)17(20)19-10-4-5-11-19/h6-9,14,18H,3-5,10-13H2,1-2H3. The molecule has 0 bridgehead atoms. The van der Waals surface area contributed by atoms with Crippen LogP contribution in [0.1, 0.15) is 38.7 Å². The maximum Gasteiger partial charge on any atom is 0.239 e. The molecular formula is C17H26N2O2. The van der Waals surface area contributed by atoms with Gasteiger partial charge >= 0.3 is 0 Å². The highest BCUT2D eigenvalue weighted by Gasteiger charge is 2.22.